The zero-order valence-electron chi connectivity index (χ0n) is 15.7. The lowest BCUT2D eigenvalue weighted by Gasteiger charge is -2.21. The summed E-state index contributed by atoms with van der Waals surface area (Å²) >= 11 is 0. The summed E-state index contributed by atoms with van der Waals surface area (Å²) in [7, 11) is 1.91. The fourth-order valence-electron chi connectivity index (χ4n) is 3.51. The van der Waals surface area contributed by atoms with Crippen LogP contribution in [0.4, 0.5) is 5.69 Å². The van der Waals surface area contributed by atoms with E-state index in [1.807, 2.05) is 67.9 Å². The topological polar surface area (TPSA) is 74.4 Å². The van der Waals surface area contributed by atoms with Gasteiger partial charge in [-0.25, -0.2) is 4.98 Å². The highest BCUT2D eigenvalue weighted by molar-refractivity contribution is 6.30. The Morgan fingerprint density at radius 3 is 2.78 bits per heavy atom. The lowest BCUT2D eigenvalue weighted by atomic mass is 10.2. The SMILES string of the molecule is CCOc1ccccc1N1CC(O)=C(c2nc3cc(C)ccc3n2C)C1=N. The highest BCUT2D eigenvalue weighted by Crippen LogP contribution is 2.36. The summed E-state index contributed by atoms with van der Waals surface area (Å²) in [6.07, 6.45) is 0. The fraction of sp³-hybridized carbons (Fsp3) is 0.238. The third-order valence-corrected chi connectivity index (χ3v) is 4.82. The number of rotatable bonds is 4. The fourth-order valence-corrected chi connectivity index (χ4v) is 3.51. The molecule has 4 rings (SSSR count). The number of amidine groups is 1. The average Bonchev–Trinajstić information content (AvgIpc) is 3.11. The molecule has 6 heteroatoms. The minimum atomic E-state index is 0.140. The number of aliphatic hydroxyl groups excluding tert-OH is 1. The molecule has 0 amide bonds. The highest BCUT2D eigenvalue weighted by Gasteiger charge is 2.33. The van der Waals surface area contributed by atoms with E-state index in [0.717, 1.165) is 22.3 Å². The van der Waals surface area contributed by atoms with E-state index in [9.17, 15) is 5.11 Å². The van der Waals surface area contributed by atoms with E-state index in [2.05, 4.69) is 4.98 Å². The molecule has 0 bridgehead atoms. The van der Waals surface area contributed by atoms with Crippen LogP contribution in [-0.4, -0.2) is 33.6 Å². The Bertz CT molecular complexity index is 1080. The first-order valence-corrected chi connectivity index (χ1v) is 8.95. The van der Waals surface area contributed by atoms with E-state index in [4.69, 9.17) is 10.1 Å². The first-order valence-electron chi connectivity index (χ1n) is 8.95. The largest absolute Gasteiger partial charge is 0.509 e. The predicted octanol–water partition coefficient (Wildman–Crippen LogP) is 4.05. The molecule has 3 aromatic rings. The Balaban J connectivity index is 1.77. The number of nitrogens with zero attached hydrogens (tertiary/aromatic N) is 3. The van der Waals surface area contributed by atoms with E-state index in [-0.39, 0.29) is 18.1 Å². The minimum Gasteiger partial charge on any atom is -0.509 e. The minimum absolute atomic E-state index is 0.140. The van der Waals surface area contributed by atoms with Gasteiger partial charge in [-0.1, -0.05) is 18.2 Å². The normalized spacial score (nSPS) is 14.5. The lowest BCUT2D eigenvalue weighted by molar-refractivity contribution is 0.341. The van der Waals surface area contributed by atoms with Gasteiger partial charge in [0.15, 0.2) is 0 Å². The van der Waals surface area contributed by atoms with Gasteiger partial charge in [0.1, 0.15) is 23.2 Å². The van der Waals surface area contributed by atoms with Crippen LogP contribution < -0.4 is 9.64 Å². The second kappa shape index (κ2) is 6.46. The van der Waals surface area contributed by atoms with Crippen molar-refractivity contribution in [2.75, 3.05) is 18.1 Å². The molecule has 0 radical (unpaired) electrons. The molecule has 0 fully saturated rings. The standard InChI is InChI=1S/C21H22N4O2/c1-4-27-18-8-6-5-7-16(18)25-12-17(26)19(20(25)22)21-23-14-11-13(2)9-10-15(14)24(21)3/h5-11,22,26H,4,12H2,1-3H3. The number of aryl methyl sites for hydroxylation is 2. The summed E-state index contributed by atoms with van der Waals surface area (Å²) in [5, 5.41) is 19.4. The van der Waals surface area contributed by atoms with Gasteiger partial charge in [-0.2, -0.15) is 0 Å². The molecule has 6 nitrogen and oxygen atoms in total. The van der Waals surface area contributed by atoms with Crippen molar-refractivity contribution in [1.82, 2.24) is 9.55 Å². The van der Waals surface area contributed by atoms with Gasteiger partial charge >= 0.3 is 0 Å². The molecule has 0 saturated heterocycles. The molecule has 2 heterocycles. The van der Waals surface area contributed by atoms with Crippen LogP contribution >= 0.6 is 0 Å². The number of fused-ring (bicyclic) bond motifs is 1. The Labute approximate surface area is 157 Å². The third kappa shape index (κ3) is 2.73. The zero-order valence-corrected chi connectivity index (χ0v) is 15.7. The van der Waals surface area contributed by atoms with Crippen molar-refractivity contribution in [1.29, 1.82) is 5.41 Å². The van der Waals surface area contributed by atoms with Gasteiger partial charge in [0, 0.05) is 7.05 Å². The van der Waals surface area contributed by atoms with Crippen molar-refractivity contribution < 1.29 is 9.84 Å². The van der Waals surface area contributed by atoms with Crippen molar-refractivity contribution in [2.45, 2.75) is 13.8 Å². The van der Waals surface area contributed by atoms with Crippen LogP contribution in [0.15, 0.2) is 48.2 Å². The Hall–Kier alpha value is -3.28. The first-order chi connectivity index (χ1) is 13.0. The summed E-state index contributed by atoms with van der Waals surface area (Å²) in [4.78, 5) is 6.44. The molecular formula is C21H22N4O2. The van der Waals surface area contributed by atoms with E-state index in [1.165, 1.54) is 0 Å². The summed E-state index contributed by atoms with van der Waals surface area (Å²) < 4.78 is 7.62. The quantitative estimate of drug-likeness (QED) is 0.734. The van der Waals surface area contributed by atoms with Gasteiger partial charge in [-0.05, 0) is 43.7 Å². The molecule has 0 atom stereocenters. The van der Waals surface area contributed by atoms with Gasteiger partial charge in [-0.15, -0.1) is 0 Å². The van der Waals surface area contributed by atoms with Crippen LogP contribution in [0.2, 0.25) is 0 Å². The molecule has 1 aliphatic heterocycles. The molecule has 0 aliphatic carbocycles. The number of ether oxygens (including phenoxy) is 1. The van der Waals surface area contributed by atoms with Gasteiger partial charge in [0.05, 0.1) is 35.4 Å². The van der Waals surface area contributed by atoms with E-state index in [0.29, 0.717) is 23.8 Å². The van der Waals surface area contributed by atoms with Gasteiger partial charge < -0.3 is 19.3 Å². The summed E-state index contributed by atoms with van der Waals surface area (Å²) in [6, 6.07) is 13.6. The van der Waals surface area contributed by atoms with Crippen LogP contribution in [0.25, 0.3) is 16.6 Å². The molecule has 2 aromatic carbocycles. The van der Waals surface area contributed by atoms with Gasteiger partial charge in [-0.3, -0.25) is 5.41 Å². The molecule has 138 valence electrons. The van der Waals surface area contributed by atoms with Crippen molar-refractivity contribution >= 4 is 28.1 Å². The third-order valence-electron chi connectivity index (χ3n) is 4.82. The maximum Gasteiger partial charge on any atom is 0.148 e. The second-order valence-corrected chi connectivity index (χ2v) is 6.64. The van der Waals surface area contributed by atoms with Crippen LogP contribution in [-0.2, 0) is 7.05 Å². The number of hydrogen-bond donors (Lipinski definition) is 2. The molecule has 0 saturated carbocycles. The van der Waals surface area contributed by atoms with E-state index < -0.39 is 0 Å². The summed E-state index contributed by atoms with van der Waals surface area (Å²) in [5.41, 5.74) is 4.17. The average molecular weight is 362 g/mol. The number of imidazole rings is 1. The molecule has 27 heavy (non-hydrogen) atoms. The maximum absolute atomic E-state index is 10.7. The molecule has 1 aromatic heterocycles. The lowest BCUT2D eigenvalue weighted by Crippen LogP contribution is -2.27. The van der Waals surface area contributed by atoms with E-state index >= 15 is 0 Å². The monoisotopic (exact) mass is 362 g/mol. The molecule has 2 N–H and O–H groups in total. The van der Waals surface area contributed by atoms with Gasteiger partial charge in [0.25, 0.3) is 0 Å². The number of aliphatic hydroxyl groups is 1. The number of hydrogen-bond acceptors (Lipinski definition) is 4. The van der Waals surface area contributed by atoms with Gasteiger partial charge in [0.2, 0.25) is 0 Å². The Kier molecular flexibility index (Phi) is 4.11. The van der Waals surface area contributed by atoms with Crippen molar-refractivity contribution in [3.8, 4) is 5.75 Å². The van der Waals surface area contributed by atoms with Crippen LogP contribution in [0, 0.1) is 12.3 Å². The number of para-hydroxylation sites is 2. The maximum atomic E-state index is 10.7. The summed E-state index contributed by atoms with van der Waals surface area (Å²) in [6.45, 7) is 4.71. The smallest absolute Gasteiger partial charge is 0.148 e. The predicted molar refractivity (Wildman–Crippen MR) is 108 cm³/mol. The van der Waals surface area contributed by atoms with Crippen LogP contribution in [0.5, 0.6) is 5.75 Å². The molecular weight excluding hydrogens is 340 g/mol. The Morgan fingerprint density at radius 1 is 1.22 bits per heavy atom. The Morgan fingerprint density at radius 2 is 2.00 bits per heavy atom. The highest BCUT2D eigenvalue weighted by atomic mass is 16.5. The van der Waals surface area contributed by atoms with Crippen molar-refractivity contribution in [2.24, 2.45) is 7.05 Å². The summed E-state index contributed by atoms with van der Waals surface area (Å²) in [5.74, 6) is 1.64. The number of anilines is 1. The van der Waals surface area contributed by atoms with Crippen LogP contribution in [0.3, 0.4) is 0 Å². The van der Waals surface area contributed by atoms with E-state index in [1.54, 1.807) is 4.90 Å². The first kappa shape index (κ1) is 17.1. The molecule has 0 spiro atoms. The number of nitrogens with one attached hydrogen (secondary N) is 1. The molecule has 0 unspecified atom stereocenters. The second-order valence-electron chi connectivity index (χ2n) is 6.64. The number of aromatic nitrogens is 2. The van der Waals surface area contributed by atoms with Crippen molar-refractivity contribution in [3.05, 3.63) is 59.6 Å². The molecule has 1 aliphatic rings. The zero-order chi connectivity index (χ0) is 19.1. The number of benzene rings is 2. The van der Waals surface area contributed by atoms with Crippen LogP contribution in [0.1, 0.15) is 18.3 Å². The van der Waals surface area contributed by atoms with Crippen molar-refractivity contribution in [3.63, 3.8) is 0 Å².